The van der Waals surface area contributed by atoms with Crippen molar-refractivity contribution in [3.8, 4) is 0 Å². The van der Waals surface area contributed by atoms with E-state index in [0.29, 0.717) is 0 Å². The van der Waals surface area contributed by atoms with Gasteiger partial charge in [-0.1, -0.05) is 0 Å². The van der Waals surface area contributed by atoms with Crippen molar-refractivity contribution >= 4 is 7.53 Å². The van der Waals surface area contributed by atoms with Crippen molar-refractivity contribution in [3.63, 3.8) is 0 Å². The van der Waals surface area contributed by atoms with E-state index in [9.17, 15) is 39.1 Å². The van der Waals surface area contributed by atoms with Gasteiger partial charge in [-0.05, 0) is 0 Å². The van der Waals surface area contributed by atoms with Gasteiger partial charge in [0.2, 0.25) is 0 Å². The summed E-state index contributed by atoms with van der Waals surface area (Å²) in [5.74, 6) is -6.87. The minimum atomic E-state index is -8.07. The molecule has 0 aromatic carbocycles. The van der Waals surface area contributed by atoms with Crippen molar-refractivity contribution in [2.45, 2.75) is 38.5 Å². The van der Waals surface area contributed by atoms with Gasteiger partial charge in [-0.15, -0.1) is 0 Å². The number of nitrogens with zero attached hydrogens (tertiary/aromatic N) is 1. The first-order valence-electron chi connectivity index (χ1n) is 5.92. The van der Waals surface area contributed by atoms with Gasteiger partial charge >= 0.3 is 115 Å². The van der Waals surface area contributed by atoms with Crippen molar-refractivity contribution in [2.75, 3.05) is 19.6 Å². The molecule has 130 valence electrons. The van der Waals surface area contributed by atoms with Crippen LogP contribution < -0.4 is 5.09 Å². The van der Waals surface area contributed by atoms with E-state index in [1.807, 2.05) is 0 Å². The fourth-order valence-corrected chi connectivity index (χ4v) is 4.67. The summed E-state index contributed by atoms with van der Waals surface area (Å²) in [6.45, 7) is 0.291. The molecule has 1 N–H and O–H groups in total. The Kier molecular flexibility index (Phi) is 5.66. The molecule has 0 heterocycles. The van der Waals surface area contributed by atoms with Crippen LogP contribution in [0, 0.1) is 0 Å². The number of hydrogen-bond donors (Lipinski definition) is 1. The quantitative estimate of drug-likeness (QED) is 0.518. The van der Waals surface area contributed by atoms with Crippen LogP contribution in [0.1, 0.15) is 20.8 Å². The SMILES string of the molecule is CCNP(F)(F)(N(CC)CC)C(F)(F)C(F)(F)C(F)(F)F. The molecule has 21 heavy (non-hydrogen) atoms. The van der Waals surface area contributed by atoms with Crippen molar-refractivity contribution in [2.24, 2.45) is 0 Å². The maximum atomic E-state index is 14.5. The van der Waals surface area contributed by atoms with E-state index in [1.165, 1.54) is 0 Å². The van der Waals surface area contributed by atoms with E-state index >= 15 is 0 Å². The maximum absolute atomic E-state index is 14.5. The van der Waals surface area contributed by atoms with Gasteiger partial charge in [0.1, 0.15) is 0 Å². The number of nitrogens with one attached hydrogen (secondary N) is 1. The molecule has 0 aliphatic rings. The molecule has 12 heteroatoms. The van der Waals surface area contributed by atoms with Crippen molar-refractivity contribution < 1.29 is 39.1 Å². The van der Waals surface area contributed by atoms with Gasteiger partial charge in [-0.25, -0.2) is 0 Å². The molecule has 0 atom stereocenters. The Bertz CT molecular complexity index is 365. The van der Waals surface area contributed by atoms with Crippen LogP contribution in [0.25, 0.3) is 0 Å². The summed E-state index contributed by atoms with van der Waals surface area (Å²) in [5.41, 5.74) is -6.60. The zero-order valence-electron chi connectivity index (χ0n) is 11.4. The standard InChI is InChI=1S/C9H16F9N2P/c1-4-19-21(17,18,20(5-2)6-3)9(15,16)7(10,11)8(12,13)14/h19H,4-6H2,1-3H3. The molecule has 0 radical (unpaired) electrons. The third-order valence-electron chi connectivity index (χ3n) is 2.87. The monoisotopic (exact) mass is 354 g/mol. The van der Waals surface area contributed by atoms with Gasteiger partial charge in [-0.3, -0.25) is 0 Å². The molecular weight excluding hydrogens is 338 g/mol. The van der Waals surface area contributed by atoms with E-state index in [4.69, 9.17) is 0 Å². The Morgan fingerprint density at radius 2 is 1.24 bits per heavy atom. The van der Waals surface area contributed by atoms with Crippen LogP contribution in [0.5, 0.6) is 0 Å². The van der Waals surface area contributed by atoms with Gasteiger partial charge in [0.05, 0.1) is 0 Å². The zero-order valence-corrected chi connectivity index (χ0v) is 12.3. The van der Waals surface area contributed by atoms with Crippen LogP contribution >= 0.6 is 7.53 Å². The van der Waals surface area contributed by atoms with Crippen LogP contribution in [0.2, 0.25) is 0 Å². The van der Waals surface area contributed by atoms with Gasteiger partial charge in [0.15, 0.2) is 0 Å². The third kappa shape index (κ3) is 2.84. The Morgan fingerprint density at radius 1 is 0.857 bits per heavy atom. The summed E-state index contributed by atoms with van der Waals surface area (Å²) in [6, 6.07) is 0. The summed E-state index contributed by atoms with van der Waals surface area (Å²) < 4.78 is 118. The molecule has 0 fully saturated rings. The number of halogens is 9. The zero-order chi connectivity index (χ0) is 17.4. The van der Waals surface area contributed by atoms with E-state index in [1.54, 1.807) is 0 Å². The molecule has 0 aliphatic carbocycles. The second-order valence-corrected chi connectivity index (χ2v) is 7.30. The van der Waals surface area contributed by atoms with Crippen LogP contribution in [-0.4, -0.2) is 42.1 Å². The topological polar surface area (TPSA) is 15.3 Å². The molecule has 0 aromatic heterocycles. The van der Waals surface area contributed by atoms with E-state index in [-0.39, 0.29) is 4.67 Å². The van der Waals surface area contributed by atoms with Crippen LogP contribution in [-0.2, 0) is 0 Å². The minimum absolute atomic E-state index is 0.339. The Labute approximate surface area is 115 Å². The van der Waals surface area contributed by atoms with Crippen LogP contribution in [0.3, 0.4) is 0 Å². The van der Waals surface area contributed by atoms with Crippen molar-refractivity contribution in [1.29, 1.82) is 0 Å². The molecule has 0 spiro atoms. The second-order valence-electron chi connectivity index (χ2n) is 4.13. The van der Waals surface area contributed by atoms with E-state index in [2.05, 4.69) is 0 Å². The molecule has 0 bridgehead atoms. The first-order valence-corrected chi connectivity index (χ1v) is 7.89. The van der Waals surface area contributed by atoms with Gasteiger partial charge < -0.3 is 0 Å². The Hall–Kier alpha value is -0.280. The van der Waals surface area contributed by atoms with Crippen LogP contribution in [0.15, 0.2) is 0 Å². The first kappa shape index (κ1) is 20.7. The van der Waals surface area contributed by atoms with Gasteiger partial charge in [-0.2, -0.15) is 0 Å². The number of rotatable bonds is 7. The molecule has 2 nitrogen and oxygen atoms in total. The summed E-state index contributed by atoms with van der Waals surface area (Å²) in [4.78, 5) is 0. The molecule has 0 saturated heterocycles. The fraction of sp³-hybridized carbons (Fsp3) is 1.00. The van der Waals surface area contributed by atoms with E-state index in [0.717, 1.165) is 25.9 Å². The molecule has 0 amide bonds. The van der Waals surface area contributed by atoms with Crippen molar-refractivity contribution in [1.82, 2.24) is 9.76 Å². The van der Waals surface area contributed by atoms with Gasteiger partial charge in [0.25, 0.3) is 0 Å². The predicted octanol–water partition coefficient (Wildman–Crippen LogP) is 4.88. The average molecular weight is 354 g/mol. The average Bonchev–Trinajstić information content (AvgIpc) is 2.28. The van der Waals surface area contributed by atoms with Crippen molar-refractivity contribution in [3.05, 3.63) is 0 Å². The first-order chi connectivity index (χ1) is 9.13. The summed E-state index contributed by atoms with van der Waals surface area (Å²) >= 11 is 0. The summed E-state index contributed by atoms with van der Waals surface area (Å²) in [7, 11) is -8.07. The van der Waals surface area contributed by atoms with Gasteiger partial charge in [0, 0.05) is 0 Å². The third-order valence-corrected chi connectivity index (χ3v) is 6.52. The second kappa shape index (κ2) is 5.73. The molecule has 0 aromatic rings. The Balaban J connectivity index is 6.32. The molecular formula is C9H16F9N2P. The molecule has 0 saturated carbocycles. The fourth-order valence-electron chi connectivity index (χ4n) is 1.78. The number of hydrogen-bond acceptors (Lipinski definition) is 2. The molecule has 0 rings (SSSR count). The normalized spacial score (nSPS) is 16.9. The summed E-state index contributed by atoms with van der Waals surface area (Å²) in [5, 5.41) is 0.949. The molecule has 0 aliphatic heterocycles. The van der Waals surface area contributed by atoms with Crippen LogP contribution in [0.4, 0.5) is 39.1 Å². The predicted molar refractivity (Wildman–Crippen MR) is 61.7 cm³/mol. The molecule has 0 unspecified atom stereocenters. The number of alkyl halides is 7. The summed E-state index contributed by atoms with van der Waals surface area (Å²) in [6.07, 6.45) is -6.81. The Morgan fingerprint density at radius 3 is 1.48 bits per heavy atom. The van der Waals surface area contributed by atoms with E-state index < -0.39 is 44.9 Å².